The number of aliphatic hydroxyl groups is 1. The number of nitrogens with zero attached hydrogens (tertiary/aromatic N) is 1. The van der Waals surface area contributed by atoms with E-state index >= 15 is 0 Å². The Morgan fingerprint density at radius 3 is 2.72 bits per heavy atom. The van der Waals surface area contributed by atoms with Crippen LogP contribution in [0.5, 0.6) is 5.75 Å². The zero-order valence-corrected chi connectivity index (χ0v) is 10.6. The first-order chi connectivity index (χ1) is 8.60. The van der Waals surface area contributed by atoms with Gasteiger partial charge in [0.05, 0.1) is 6.61 Å². The molecule has 18 heavy (non-hydrogen) atoms. The van der Waals surface area contributed by atoms with Crippen molar-refractivity contribution in [3.8, 4) is 5.75 Å². The predicted molar refractivity (Wildman–Crippen MR) is 65.8 cm³/mol. The number of likely N-dealkylation sites (N-methyl/N-ethyl adjacent to an activating group) is 1. The Balaban J connectivity index is 2.73. The largest absolute Gasteiger partial charge is 0.478 e. The van der Waals surface area contributed by atoms with Crippen LogP contribution in [-0.2, 0) is 4.79 Å². The summed E-state index contributed by atoms with van der Waals surface area (Å²) >= 11 is 0. The van der Waals surface area contributed by atoms with Crippen LogP contribution in [0.15, 0.2) is 24.3 Å². The highest BCUT2D eigenvalue weighted by atomic mass is 19.1. The average molecular weight is 255 g/mol. The van der Waals surface area contributed by atoms with Crippen molar-refractivity contribution in [2.75, 3.05) is 20.2 Å². The molecule has 1 aromatic rings. The van der Waals surface area contributed by atoms with E-state index in [1.165, 1.54) is 17.0 Å². The molecule has 0 fully saturated rings. The zero-order chi connectivity index (χ0) is 13.5. The van der Waals surface area contributed by atoms with Crippen LogP contribution in [0.2, 0.25) is 0 Å². The number of benzene rings is 1. The highest BCUT2D eigenvalue weighted by Crippen LogP contribution is 2.18. The van der Waals surface area contributed by atoms with E-state index in [9.17, 15) is 9.18 Å². The smallest absolute Gasteiger partial charge is 0.263 e. The van der Waals surface area contributed by atoms with Crippen LogP contribution in [-0.4, -0.2) is 42.2 Å². The second-order valence-electron chi connectivity index (χ2n) is 3.93. The molecule has 0 radical (unpaired) electrons. The Bertz CT molecular complexity index is 398. The lowest BCUT2D eigenvalue weighted by atomic mass is 10.2. The maximum Gasteiger partial charge on any atom is 0.263 e. The molecule has 0 heterocycles. The lowest BCUT2D eigenvalue weighted by molar-refractivity contribution is -0.138. The van der Waals surface area contributed by atoms with Crippen LogP contribution < -0.4 is 4.74 Å². The number of halogens is 1. The average Bonchev–Trinajstić information content (AvgIpc) is 2.37. The van der Waals surface area contributed by atoms with Crippen molar-refractivity contribution in [3.63, 3.8) is 0 Å². The van der Waals surface area contributed by atoms with Crippen molar-refractivity contribution in [1.29, 1.82) is 0 Å². The molecule has 1 atom stereocenters. The lowest BCUT2D eigenvalue weighted by Crippen LogP contribution is -2.40. The van der Waals surface area contributed by atoms with E-state index in [0.717, 1.165) is 0 Å². The molecule has 0 aliphatic carbocycles. The van der Waals surface area contributed by atoms with Crippen LogP contribution in [0.1, 0.15) is 13.3 Å². The highest BCUT2D eigenvalue weighted by Gasteiger charge is 2.22. The van der Waals surface area contributed by atoms with Gasteiger partial charge in [-0.05, 0) is 18.6 Å². The fourth-order valence-corrected chi connectivity index (χ4v) is 1.51. The van der Waals surface area contributed by atoms with Gasteiger partial charge in [-0.1, -0.05) is 19.1 Å². The summed E-state index contributed by atoms with van der Waals surface area (Å²) in [6.45, 7) is 1.91. The van der Waals surface area contributed by atoms with E-state index in [-0.39, 0.29) is 24.8 Å². The van der Waals surface area contributed by atoms with Gasteiger partial charge in [0.25, 0.3) is 5.91 Å². The molecule has 0 aromatic heterocycles. The van der Waals surface area contributed by atoms with Crippen LogP contribution in [0.3, 0.4) is 0 Å². The van der Waals surface area contributed by atoms with Crippen molar-refractivity contribution in [2.45, 2.75) is 19.4 Å². The quantitative estimate of drug-likeness (QED) is 0.836. The minimum Gasteiger partial charge on any atom is -0.478 e. The number of carbonyl (C=O) groups excluding carboxylic acids is 1. The number of carbonyl (C=O) groups is 1. The summed E-state index contributed by atoms with van der Waals surface area (Å²) < 4.78 is 18.8. The fourth-order valence-electron chi connectivity index (χ4n) is 1.51. The third-order valence-corrected chi connectivity index (χ3v) is 2.56. The first kappa shape index (κ1) is 14.4. The van der Waals surface area contributed by atoms with Crippen molar-refractivity contribution >= 4 is 5.91 Å². The Morgan fingerprint density at radius 1 is 1.50 bits per heavy atom. The van der Waals surface area contributed by atoms with Gasteiger partial charge < -0.3 is 14.7 Å². The Hall–Kier alpha value is -1.62. The lowest BCUT2D eigenvalue weighted by Gasteiger charge is -2.23. The van der Waals surface area contributed by atoms with Crippen LogP contribution in [0.25, 0.3) is 0 Å². The molecule has 0 saturated heterocycles. The third kappa shape index (κ3) is 3.70. The van der Waals surface area contributed by atoms with E-state index in [1.54, 1.807) is 26.1 Å². The summed E-state index contributed by atoms with van der Waals surface area (Å²) in [5.74, 6) is -0.696. The molecule has 0 bridgehead atoms. The molecule has 100 valence electrons. The number of amides is 1. The van der Waals surface area contributed by atoms with Gasteiger partial charge in [0.15, 0.2) is 17.7 Å². The maximum atomic E-state index is 13.4. The van der Waals surface area contributed by atoms with Gasteiger partial charge in [0.1, 0.15) is 0 Å². The molecule has 1 rings (SSSR count). The van der Waals surface area contributed by atoms with Gasteiger partial charge in [0.2, 0.25) is 0 Å². The number of hydrogen-bond donors (Lipinski definition) is 1. The molecule has 0 spiro atoms. The van der Waals surface area contributed by atoms with Gasteiger partial charge in [-0.2, -0.15) is 0 Å². The number of aliphatic hydroxyl groups excluding tert-OH is 1. The van der Waals surface area contributed by atoms with E-state index in [0.29, 0.717) is 6.42 Å². The Morgan fingerprint density at radius 2 is 2.17 bits per heavy atom. The van der Waals surface area contributed by atoms with Crippen molar-refractivity contribution in [1.82, 2.24) is 4.90 Å². The number of para-hydroxylation sites is 1. The first-order valence-corrected chi connectivity index (χ1v) is 5.87. The van der Waals surface area contributed by atoms with Gasteiger partial charge in [-0.3, -0.25) is 4.79 Å². The number of hydrogen-bond acceptors (Lipinski definition) is 3. The van der Waals surface area contributed by atoms with E-state index in [1.807, 2.05) is 0 Å². The van der Waals surface area contributed by atoms with E-state index in [4.69, 9.17) is 9.84 Å². The Labute approximate surface area is 106 Å². The molecular weight excluding hydrogens is 237 g/mol. The summed E-state index contributed by atoms with van der Waals surface area (Å²) in [4.78, 5) is 13.3. The first-order valence-electron chi connectivity index (χ1n) is 5.87. The summed E-state index contributed by atoms with van der Waals surface area (Å²) in [6, 6.07) is 5.97. The second kappa shape index (κ2) is 6.96. The minimum atomic E-state index is -0.738. The van der Waals surface area contributed by atoms with Crippen LogP contribution in [0, 0.1) is 5.82 Å². The SMILES string of the molecule is CCC(Oc1ccccc1F)C(=O)N(C)CCO. The number of ether oxygens (including phenoxy) is 1. The molecule has 1 amide bonds. The molecule has 1 N–H and O–H groups in total. The zero-order valence-electron chi connectivity index (χ0n) is 10.6. The normalized spacial score (nSPS) is 12.0. The van der Waals surface area contributed by atoms with Gasteiger partial charge in [-0.25, -0.2) is 4.39 Å². The molecule has 0 aliphatic heterocycles. The standard InChI is InChI=1S/C13H18FNO3/c1-3-11(13(17)15(2)8-9-16)18-12-7-5-4-6-10(12)14/h4-7,11,16H,3,8-9H2,1-2H3. The van der Waals surface area contributed by atoms with Crippen molar-refractivity contribution in [3.05, 3.63) is 30.1 Å². The number of rotatable bonds is 6. The molecule has 1 unspecified atom stereocenters. The van der Waals surface area contributed by atoms with Gasteiger partial charge in [0, 0.05) is 13.6 Å². The minimum absolute atomic E-state index is 0.0649. The summed E-state index contributed by atoms with van der Waals surface area (Å²) in [5, 5.41) is 8.78. The van der Waals surface area contributed by atoms with Crippen LogP contribution >= 0.6 is 0 Å². The summed E-state index contributed by atoms with van der Waals surface area (Å²) in [5.41, 5.74) is 0. The molecule has 5 heteroatoms. The monoisotopic (exact) mass is 255 g/mol. The molecule has 0 aliphatic rings. The van der Waals surface area contributed by atoms with Gasteiger partial charge >= 0.3 is 0 Å². The molecule has 4 nitrogen and oxygen atoms in total. The molecular formula is C13H18FNO3. The van der Waals surface area contributed by atoms with Gasteiger partial charge in [-0.15, -0.1) is 0 Å². The molecule has 0 saturated carbocycles. The third-order valence-electron chi connectivity index (χ3n) is 2.56. The van der Waals surface area contributed by atoms with Crippen molar-refractivity contribution in [2.24, 2.45) is 0 Å². The second-order valence-corrected chi connectivity index (χ2v) is 3.93. The van der Waals surface area contributed by atoms with E-state index in [2.05, 4.69) is 0 Å². The van der Waals surface area contributed by atoms with Crippen LogP contribution in [0.4, 0.5) is 4.39 Å². The Kier molecular flexibility index (Phi) is 5.58. The van der Waals surface area contributed by atoms with E-state index < -0.39 is 11.9 Å². The fraction of sp³-hybridized carbons (Fsp3) is 0.462. The predicted octanol–water partition coefficient (Wildman–Crippen LogP) is 1.43. The summed E-state index contributed by atoms with van der Waals surface area (Å²) in [6.07, 6.45) is -0.304. The topological polar surface area (TPSA) is 49.8 Å². The summed E-state index contributed by atoms with van der Waals surface area (Å²) in [7, 11) is 1.58. The molecule has 1 aromatic carbocycles. The highest BCUT2D eigenvalue weighted by molar-refractivity contribution is 5.81. The van der Waals surface area contributed by atoms with Crippen molar-refractivity contribution < 1.29 is 19.0 Å². The maximum absolute atomic E-state index is 13.4.